The Hall–Kier alpha value is -2.29. The molecule has 1 fully saturated rings. The van der Waals surface area contributed by atoms with Crippen LogP contribution in [0.15, 0.2) is 42.5 Å². The van der Waals surface area contributed by atoms with Gasteiger partial charge in [0.2, 0.25) is 21.8 Å². The predicted octanol–water partition coefficient (Wildman–Crippen LogP) is 5.58. The van der Waals surface area contributed by atoms with Gasteiger partial charge in [-0.2, -0.15) is 0 Å². The molecule has 38 heavy (non-hydrogen) atoms. The first-order valence-electron chi connectivity index (χ1n) is 13.1. The summed E-state index contributed by atoms with van der Waals surface area (Å²) in [6.45, 7) is 3.28. The van der Waals surface area contributed by atoms with Gasteiger partial charge in [-0.05, 0) is 49.4 Å². The topological polar surface area (TPSA) is 86.8 Å². The molecule has 1 atom stereocenters. The van der Waals surface area contributed by atoms with E-state index in [1.807, 2.05) is 26.0 Å². The van der Waals surface area contributed by atoms with Crippen molar-refractivity contribution in [1.82, 2.24) is 10.2 Å². The minimum Gasteiger partial charge on any atom is -0.352 e. The monoisotopic (exact) mass is 581 g/mol. The third-order valence-corrected chi connectivity index (χ3v) is 8.88. The number of anilines is 1. The fourth-order valence-electron chi connectivity index (χ4n) is 4.97. The Morgan fingerprint density at radius 3 is 2.21 bits per heavy atom. The summed E-state index contributed by atoms with van der Waals surface area (Å²) >= 11 is 12.9. The number of carbonyl (C=O) groups excluding carboxylic acids is 2. The van der Waals surface area contributed by atoms with Crippen molar-refractivity contribution in [2.75, 3.05) is 17.1 Å². The lowest BCUT2D eigenvalue weighted by atomic mass is 9.95. The first kappa shape index (κ1) is 30.3. The van der Waals surface area contributed by atoms with Crippen molar-refractivity contribution in [3.63, 3.8) is 0 Å². The predicted molar refractivity (Wildman–Crippen MR) is 154 cm³/mol. The van der Waals surface area contributed by atoms with Gasteiger partial charge in [0.25, 0.3) is 0 Å². The largest absolute Gasteiger partial charge is 0.352 e. The van der Waals surface area contributed by atoms with Crippen LogP contribution in [0.3, 0.4) is 0 Å². The number of aryl methyl sites for hydroxylation is 1. The summed E-state index contributed by atoms with van der Waals surface area (Å²) < 4.78 is 26.9. The maximum atomic E-state index is 14.0. The van der Waals surface area contributed by atoms with Crippen LogP contribution in [0.4, 0.5) is 5.69 Å². The zero-order valence-electron chi connectivity index (χ0n) is 22.3. The van der Waals surface area contributed by atoms with E-state index < -0.39 is 28.5 Å². The Bertz CT molecular complexity index is 1210. The van der Waals surface area contributed by atoms with E-state index in [0.717, 1.165) is 48.2 Å². The molecule has 1 aliphatic rings. The van der Waals surface area contributed by atoms with E-state index in [2.05, 4.69) is 5.32 Å². The van der Waals surface area contributed by atoms with Gasteiger partial charge in [0.15, 0.2) is 0 Å². The highest BCUT2D eigenvalue weighted by Crippen LogP contribution is 2.29. The Balaban J connectivity index is 1.98. The molecule has 1 aliphatic carbocycles. The second-order valence-electron chi connectivity index (χ2n) is 9.74. The smallest absolute Gasteiger partial charge is 0.244 e. The van der Waals surface area contributed by atoms with Crippen molar-refractivity contribution < 1.29 is 18.0 Å². The van der Waals surface area contributed by atoms with Crippen LogP contribution in [-0.2, 0) is 32.6 Å². The molecule has 7 nitrogen and oxygen atoms in total. The number of amides is 2. The van der Waals surface area contributed by atoms with Gasteiger partial charge >= 0.3 is 0 Å². The zero-order chi connectivity index (χ0) is 27.9. The number of nitrogens with zero attached hydrogens (tertiary/aromatic N) is 2. The van der Waals surface area contributed by atoms with E-state index in [0.29, 0.717) is 34.1 Å². The summed E-state index contributed by atoms with van der Waals surface area (Å²) in [6, 6.07) is 11.4. The molecule has 0 unspecified atom stereocenters. The lowest BCUT2D eigenvalue weighted by Gasteiger charge is -2.34. The molecule has 0 heterocycles. The van der Waals surface area contributed by atoms with Crippen molar-refractivity contribution in [2.24, 2.45) is 0 Å². The average molecular weight is 583 g/mol. The van der Waals surface area contributed by atoms with Crippen molar-refractivity contribution in [3.8, 4) is 0 Å². The lowest BCUT2D eigenvalue weighted by molar-refractivity contribution is -0.140. The SMILES string of the molecule is CCc1ccccc1N(CC(=O)N(Cc1c(Cl)cccc1Cl)[C@@H](CC)C(=O)NC1CCCCC1)S(C)(=O)=O. The Kier molecular flexibility index (Phi) is 10.9. The maximum Gasteiger partial charge on any atom is 0.244 e. The van der Waals surface area contributed by atoms with Gasteiger partial charge in [0, 0.05) is 28.2 Å². The van der Waals surface area contributed by atoms with Gasteiger partial charge in [-0.25, -0.2) is 8.42 Å². The number of rotatable bonds is 11. The quantitative estimate of drug-likeness (QED) is 0.375. The first-order chi connectivity index (χ1) is 18.1. The van der Waals surface area contributed by atoms with Gasteiger partial charge in [-0.3, -0.25) is 13.9 Å². The summed E-state index contributed by atoms with van der Waals surface area (Å²) in [5, 5.41) is 3.86. The van der Waals surface area contributed by atoms with Gasteiger partial charge in [-0.15, -0.1) is 0 Å². The molecule has 3 rings (SSSR count). The summed E-state index contributed by atoms with van der Waals surface area (Å²) in [4.78, 5) is 28.9. The molecule has 2 amide bonds. The van der Waals surface area contributed by atoms with Crippen LogP contribution >= 0.6 is 23.2 Å². The molecule has 2 aromatic rings. The second-order valence-corrected chi connectivity index (χ2v) is 12.5. The maximum absolute atomic E-state index is 14.0. The van der Waals surface area contributed by atoms with Crippen molar-refractivity contribution in [3.05, 3.63) is 63.6 Å². The van der Waals surface area contributed by atoms with E-state index in [1.54, 1.807) is 30.3 Å². The summed E-state index contributed by atoms with van der Waals surface area (Å²) in [5.41, 5.74) is 1.75. The highest BCUT2D eigenvalue weighted by Gasteiger charge is 2.33. The van der Waals surface area contributed by atoms with Crippen LogP contribution in [-0.4, -0.2) is 50.0 Å². The van der Waals surface area contributed by atoms with Gasteiger partial charge in [0.05, 0.1) is 11.9 Å². The number of halogens is 2. The van der Waals surface area contributed by atoms with E-state index >= 15 is 0 Å². The molecular weight excluding hydrogens is 545 g/mol. The molecule has 0 saturated heterocycles. The number of hydrogen-bond acceptors (Lipinski definition) is 4. The summed E-state index contributed by atoms with van der Waals surface area (Å²) in [6.07, 6.45) is 7.09. The third-order valence-electron chi connectivity index (χ3n) is 7.05. The van der Waals surface area contributed by atoms with Crippen LogP contribution in [0.1, 0.15) is 63.5 Å². The van der Waals surface area contributed by atoms with E-state index in [9.17, 15) is 18.0 Å². The molecule has 2 aromatic carbocycles. The number of nitrogens with one attached hydrogen (secondary N) is 1. The Labute approximate surface area is 236 Å². The van der Waals surface area contributed by atoms with Crippen LogP contribution in [0.5, 0.6) is 0 Å². The van der Waals surface area contributed by atoms with Gasteiger partial charge < -0.3 is 10.2 Å². The lowest BCUT2D eigenvalue weighted by Crippen LogP contribution is -2.54. The van der Waals surface area contributed by atoms with E-state index in [1.165, 1.54) is 4.90 Å². The highest BCUT2D eigenvalue weighted by atomic mass is 35.5. The normalized spacial score (nSPS) is 15.1. The van der Waals surface area contributed by atoms with Crippen molar-refractivity contribution in [2.45, 2.75) is 77.4 Å². The molecular formula is C28H37Cl2N3O4S. The number of sulfonamides is 1. The minimum atomic E-state index is -3.81. The number of benzene rings is 2. The van der Waals surface area contributed by atoms with Crippen LogP contribution in [0, 0.1) is 0 Å². The van der Waals surface area contributed by atoms with Crippen LogP contribution in [0.25, 0.3) is 0 Å². The molecule has 1 N–H and O–H groups in total. The molecule has 0 aliphatic heterocycles. The summed E-state index contributed by atoms with van der Waals surface area (Å²) in [7, 11) is -3.81. The third kappa shape index (κ3) is 7.64. The molecule has 0 aromatic heterocycles. The molecule has 1 saturated carbocycles. The molecule has 0 bridgehead atoms. The molecule has 10 heteroatoms. The second kappa shape index (κ2) is 13.7. The fourth-order valence-corrected chi connectivity index (χ4v) is 6.36. The van der Waals surface area contributed by atoms with E-state index in [-0.39, 0.29) is 18.5 Å². The number of para-hydroxylation sites is 1. The fraction of sp³-hybridized carbons (Fsp3) is 0.500. The first-order valence-corrected chi connectivity index (χ1v) is 15.8. The Morgan fingerprint density at radius 2 is 1.63 bits per heavy atom. The highest BCUT2D eigenvalue weighted by molar-refractivity contribution is 7.92. The Morgan fingerprint density at radius 1 is 1.00 bits per heavy atom. The zero-order valence-corrected chi connectivity index (χ0v) is 24.6. The number of carbonyl (C=O) groups is 2. The summed E-state index contributed by atoms with van der Waals surface area (Å²) in [5.74, 6) is -0.765. The molecule has 0 radical (unpaired) electrons. The molecule has 208 valence electrons. The average Bonchev–Trinajstić information content (AvgIpc) is 2.88. The van der Waals surface area contributed by atoms with Gasteiger partial charge in [0.1, 0.15) is 12.6 Å². The molecule has 0 spiro atoms. The standard InChI is InChI=1S/C28H37Cl2N3O4S/c1-4-20-12-9-10-17-26(20)33(38(3,36)37)19-27(34)32(18-22-23(29)15-11-16-24(22)30)25(5-2)28(35)31-21-13-7-6-8-14-21/h9-12,15-17,21,25H,4-8,13-14,18-19H2,1-3H3,(H,31,35)/t25-/m0/s1. The van der Waals surface area contributed by atoms with Crippen molar-refractivity contribution >= 4 is 50.7 Å². The van der Waals surface area contributed by atoms with Gasteiger partial charge in [-0.1, -0.05) is 80.6 Å². The van der Waals surface area contributed by atoms with Crippen LogP contribution in [0.2, 0.25) is 10.0 Å². The van der Waals surface area contributed by atoms with Crippen LogP contribution < -0.4 is 9.62 Å². The van der Waals surface area contributed by atoms with Crippen molar-refractivity contribution in [1.29, 1.82) is 0 Å². The number of hydrogen-bond donors (Lipinski definition) is 1. The minimum absolute atomic E-state index is 0.0268. The van der Waals surface area contributed by atoms with E-state index in [4.69, 9.17) is 23.2 Å².